The Morgan fingerprint density at radius 2 is 2.15 bits per heavy atom. The quantitative estimate of drug-likeness (QED) is 0.938. The van der Waals surface area contributed by atoms with Gasteiger partial charge in [0.1, 0.15) is 5.82 Å². The molecule has 1 aromatic carbocycles. The third-order valence-corrected chi connectivity index (χ3v) is 3.84. The Hall–Kier alpha value is -1.52. The second-order valence-corrected chi connectivity index (χ2v) is 5.72. The minimum Gasteiger partial charge on any atom is -0.311 e. The summed E-state index contributed by atoms with van der Waals surface area (Å²) in [5.74, 6) is 0.916. The van der Waals surface area contributed by atoms with Gasteiger partial charge in [0.2, 0.25) is 5.91 Å². The number of amides is 1. The van der Waals surface area contributed by atoms with Crippen molar-refractivity contribution in [3.05, 3.63) is 46.1 Å². The van der Waals surface area contributed by atoms with E-state index < -0.39 is 0 Å². The zero-order valence-electron chi connectivity index (χ0n) is 10.6. The van der Waals surface area contributed by atoms with Crippen molar-refractivity contribution >= 4 is 34.9 Å². The molecule has 0 saturated heterocycles. The lowest BCUT2D eigenvalue weighted by Gasteiger charge is -2.10. The van der Waals surface area contributed by atoms with Crippen LogP contribution in [0, 0.1) is 5.92 Å². The number of nitrogens with zero attached hydrogens (tertiary/aromatic N) is 2. The summed E-state index contributed by atoms with van der Waals surface area (Å²) in [6.07, 6.45) is 3.61. The van der Waals surface area contributed by atoms with Crippen LogP contribution < -0.4 is 5.32 Å². The number of anilines is 1. The molecule has 0 radical (unpaired) electrons. The molecule has 104 valence electrons. The molecular formula is C14H13Cl2N3O. The molecule has 3 rings (SSSR count). The molecule has 1 N–H and O–H groups in total. The summed E-state index contributed by atoms with van der Waals surface area (Å²) in [7, 11) is 0. The van der Waals surface area contributed by atoms with Crippen molar-refractivity contribution in [3.63, 3.8) is 0 Å². The summed E-state index contributed by atoms with van der Waals surface area (Å²) in [4.78, 5) is 11.8. The zero-order valence-corrected chi connectivity index (χ0v) is 12.2. The monoisotopic (exact) mass is 309 g/mol. The standard InChI is InChI=1S/C14H13Cl2N3O/c15-11-4-3-10(12(16)7-11)8-19-13(5-6-17-19)18-14(20)9-1-2-9/h3-7,9H,1-2,8H2,(H,18,20). The van der Waals surface area contributed by atoms with Crippen LogP contribution in [0.15, 0.2) is 30.5 Å². The molecule has 0 aliphatic heterocycles. The molecule has 4 nitrogen and oxygen atoms in total. The van der Waals surface area contributed by atoms with Gasteiger partial charge >= 0.3 is 0 Å². The van der Waals surface area contributed by atoms with Crippen LogP contribution in [0.1, 0.15) is 18.4 Å². The van der Waals surface area contributed by atoms with Gasteiger partial charge < -0.3 is 5.32 Å². The number of benzene rings is 1. The van der Waals surface area contributed by atoms with Crippen LogP contribution in [-0.2, 0) is 11.3 Å². The molecule has 1 aliphatic carbocycles. The summed E-state index contributed by atoms with van der Waals surface area (Å²) in [5, 5.41) is 8.30. The second kappa shape index (κ2) is 5.46. The van der Waals surface area contributed by atoms with Crippen molar-refractivity contribution in [1.29, 1.82) is 0 Å². The molecular weight excluding hydrogens is 297 g/mol. The van der Waals surface area contributed by atoms with Crippen molar-refractivity contribution in [2.75, 3.05) is 5.32 Å². The van der Waals surface area contributed by atoms with Gasteiger partial charge in [0.25, 0.3) is 0 Å². The Bertz CT molecular complexity index is 650. The molecule has 6 heteroatoms. The van der Waals surface area contributed by atoms with Crippen molar-refractivity contribution < 1.29 is 4.79 Å². The Kier molecular flexibility index (Phi) is 3.68. The van der Waals surface area contributed by atoms with Crippen LogP contribution in [0.3, 0.4) is 0 Å². The fraction of sp³-hybridized carbons (Fsp3) is 0.286. The van der Waals surface area contributed by atoms with Gasteiger partial charge in [0, 0.05) is 22.0 Å². The highest BCUT2D eigenvalue weighted by Crippen LogP contribution is 2.30. The largest absolute Gasteiger partial charge is 0.311 e. The molecule has 1 aliphatic rings. The van der Waals surface area contributed by atoms with E-state index in [0.717, 1.165) is 18.4 Å². The van der Waals surface area contributed by atoms with Crippen molar-refractivity contribution in [3.8, 4) is 0 Å². The normalized spacial score (nSPS) is 14.3. The molecule has 1 heterocycles. The van der Waals surface area contributed by atoms with Gasteiger partial charge in [-0.05, 0) is 30.5 Å². The van der Waals surface area contributed by atoms with Gasteiger partial charge in [0.05, 0.1) is 12.7 Å². The first kappa shape index (κ1) is 13.5. The Morgan fingerprint density at radius 1 is 1.35 bits per heavy atom. The molecule has 0 atom stereocenters. The predicted octanol–water partition coefficient (Wildman–Crippen LogP) is 3.59. The number of aromatic nitrogens is 2. The van der Waals surface area contributed by atoms with E-state index in [1.807, 2.05) is 6.07 Å². The topological polar surface area (TPSA) is 46.9 Å². The molecule has 2 aromatic rings. The van der Waals surface area contributed by atoms with E-state index in [9.17, 15) is 4.79 Å². The van der Waals surface area contributed by atoms with Crippen molar-refractivity contribution in [1.82, 2.24) is 9.78 Å². The van der Waals surface area contributed by atoms with Gasteiger partial charge in [-0.25, -0.2) is 4.68 Å². The maximum absolute atomic E-state index is 11.8. The number of hydrogen-bond acceptors (Lipinski definition) is 2. The minimum absolute atomic E-state index is 0.0638. The Labute approximate surface area is 126 Å². The number of carbonyl (C=O) groups is 1. The van der Waals surface area contributed by atoms with E-state index in [1.165, 1.54) is 0 Å². The van der Waals surface area contributed by atoms with E-state index in [4.69, 9.17) is 23.2 Å². The molecule has 0 bridgehead atoms. The third kappa shape index (κ3) is 2.97. The highest BCUT2D eigenvalue weighted by Gasteiger charge is 2.30. The Balaban J connectivity index is 1.77. The fourth-order valence-corrected chi connectivity index (χ4v) is 2.42. The van der Waals surface area contributed by atoms with E-state index in [-0.39, 0.29) is 11.8 Å². The van der Waals surface area contributed by atoms with Crippen LogP contribution in [0.25, 0.3) is 0 Å². The molecule has 1 aromatic heterocycles. The van der Waals surface area contributed by atoms with Gasteiger partial charge in [-0.3, -0.25) is 4.79 Å². The lowest BCUT2D eigenvalue weighted by Crippen LogP contribution is -2.17. The highest BCUT2D eigenvalue weighted by atomic mass is 35.5. The molecule has 0 unspecified atom stereocenters. The molecule has 1 saturated carbocycles. The number of nitrogens with one attached hydrogen (secondary N) is 1. The fourth-order valence-electron chi connectivity index (χ4n) is 1.95. The van der Waals surface area contributed by atoms with E-state index in [2.05, 4.69) is 10.4 Å². The average molecular weight is 310 g/mol. The molecule has 1 amide bonds. The summed E-state index contributed by atoms with van der Waals surface area (Å²) in [6.45, 7) is 0.489. The SMILES string of the molecule is O=C(Nc1ccnn1Cc1ccc(Cl)cc1Cl)C1CC1. The van der Waals surface area contributed by atoms with Crippen LogP contribution in [0.5, 0.6) is 0 Å². The van der Waals surface area contributed by atoms with E-state index in [0.29, 0.717) is 22.4 Å². The summed E-state index contributed by atoms with van der Waals surface area (Å²) in [5.41, 5.74) is 0.904. The average Bonchev–Trinajstić information content (AvgIpc) is 3.17. The zero-order chi connectivity index (χ0) is 14.1. The van der Waals surface area contributed by atoms with Crippen molar-refractivity contribution in [2.24, 2.45) is 5.92 Å². The van der Waals surface area contributed by atoms with Gasteiger partial charge in [0.15, 0.2) is 0 Å². The summed E-state index contributed by atoms with van der Waals surface area (Å²) in [6, 6.07) is 7.13. The first-order chi connectivity index (χ1) is 9.63. The van der Waals surface area contributed by atoms with Gasteiger partial charge in [-0.15, -0.1) is 0 Å². The van der Waals surface area contributed by atoms with Crippen LogP contribution in [0.4, 0.5) is 5.82 Å². The predicted molar refractivity (Wildman–Crippen MR) is 79.1 cm³/mol. The first-order valence-electron chi connectivity index (χ1n) is 6.40. The minimum atomic E-state index is 0.0638. The van der Waals surface area contributed by atoms with Crippen LogP contribution in [-0.4, -0.2) is 15.7 Å². The number of carbonyl (C=O) groups excluding carboxylic acids is 1. The summed E-state index contributed by atoms with van der Waals surface area (Å²) < 4.78 is 1.72. The number of rotatable bonds is 4. The van der Waals surface area contributed by atoms with Crippen LogP contribution in [0.2, 0.25) is 10.0 Å². The highest BCUT2D eigenvalue weighted by molar-refractivity contribution is 6.35. The van der Waals surface area contributed by atoms with E-state index >= 15 is 0 Å². The van der Waals surface area contributed by atoms with Gasteiger partial charge in [-0.1, -0.05) is 29.3 Å². The van der Waals surface area contributed by atoms with Crippen molar-refractivity contribution in [2.45, 2.75) is 19.4 Å². The smallest absolute Gasteiger partial charge is 0.228 e. The Morgan fingerprint density at radius 3 is 2.85 bits per heavy atom. The molecule has 1 fully saturated rings. The maximum atomic E-state index is 11.8. The molecule has 20 heavy (non-hydrogen) atoms. The van der Waals surface area contributed by atoms with Crippen LogP contribution >= 0.6 is 23.2 Å². The van der Waals surface area contributed by atoms with E-state index in [1.54, 1.807) is 29.1 Å². The maximum Gasteiger partial charge on any atom is 0.228 e. The summed E-state index contributed by atoms with van der Waals surface area (Å²) >= 11 is 12.0. The number of halogens is 2. The molecule has 0 spiro atoms. The lowest BCUT2D eigenvalue weighted by atomic mass is 10.2. The number of hydrogen-bond donors (Lipinski definition) is 1. The second-order valence-electron chi connectivity index (χ2n) is 4.87. The van der Waals surface area contributed by atoms with Gasteiger partial charge in [-0.2, -0.15) is 5.10 Å². The first-order valence-corrected chi connectivity index (χ1v) is 7.15. The lowest BCUT2D eigenvalue weighted by molar-refractivity contribution is -0.117. The third-order valence-electron chi connectivity index (χ3n) is 3.25.